The minimum atomic E-state index is 0.196. The third kappa shape index (κ3) is 3.47. The Hall–Kier alpha value is -1.55. The lowest BCUT2D eigenvalue weighted by atomic mass is 10.1. The second-order valence-corrected chi connectivity index (χ2v) is 4.69. The van der Waals surface area contributed by atoms with Gasteiger partial charge in [-0.1, -0.05) is 13.8 Å². The number of benzene rings is 1. The summed E-state index contributed by atoms with van der Waals surface area (Å²) < 4.78 is 5.51. The number of carbonyl (C=O) groups is 1. The van der Waals surface area contributed by atoms with Crippen LogP contribution in [-0.2, 0) is 0 Å². The molecule has 0 atom stereocenters. The van der Waals surface area contributed by atoms with Crippen LogP contribution >= 0.6 is 0 Å². The van der Waals surface area contributed by atoms with Crippen molar-refractivity contribution in [3.8, 4) is 5.75 Å². The predicted molar refractivity (Wildman–Crippen MR) is 77.2 cm³/mol. The Morgan fingerprint density at radius 1 is 1.37 bits per heavy atom. The van der Waals surface area contributed by atoms with Crippen LogP contribution in [0.15, 0.2) is 18.2 Å². The van der Waals surface area contributed by atoms with Crippen LogP contribution in [0.5, 0.6) is 5.75 Å². The van der Waals surface area contributed by atoms with Crippen LogP contribution in [0.3, 0.4) is 0 Å². The topological polar surface area (TPSA) is 41.6 Å². The number of hydrogen-bond donors (Lipinski definition) is 1. The standard InChI is InChI=1S/C15H22N2O2/c1-3-17(4-2)9-7-14(18)12-5-6-15-13(11-12)16-8-10-19-15/h5-6,11,16H,3-4,7-10H2,1-2H3. The van der Waals surface area contributed by atoms with Crippen LogP contribution in [0.25, 0.3) is 0 Å². The van der Waals surface area contributed by atoms with Crippen molar-refractivity contribution in [3.63, 3.8) is 0 Å². The molecule has 1 aliphatic heterocycles. The molecule has 0 aromatic heterocycles. The lowest BCUT2D eigenvalue weighted by Crippen LogP contribution is -2.25. The molecule has 1 aliphatic rings. The first-order chi connectivity index (χ1) is 9.24. The highest BCUT2D eigenvalue weighted by atomic mass is 16.5. The summed E-state index contributed by atoms with van der Waals surface area (Å²) in [6.07, 6.45) is 0.571. The first-order valence-corrected chi connectivity index (χ1v) is 7.00. The van der Waals surface area contributed by atoms with Crippen LogP contribution in [0.2, 0.25) is 0 Å². The number of ketones is 1. The molecule has 104 valence electrons. The smallest absolute Gasteiger partial charge is 0.164 e. The Bertz CT molecular complexity index is 442. The van der Waals surface area contributed by atoms with Crippen molar-refractivity contribution in [2.45, 2.75) is 20.3 Å². The van der Waals surface area contributed by atoms with E-state index in [4.69, 9.17) is 4.74 Å². The maximum absolute atomic E-state index is 12.2. The van der Waals surface area contributed by atoms with E-state index in [0.29, 0.717) is 13.0 Å². The van der Waals surface area contributed by atoms with Gasteiger partial charge in [0.2, 0.25) is 0 Å². The summed E-state index contributed by atoms with van der Waals surface area (Å²) in [5.74, 6) is 1.04. The average Bonchev–Trinajstić information content (AvgIpc) is 2.47. The molecule has 19 heavy (non-hydrogen) atoms. The van der Waals surface area contributed by atoms with Gasteiger partial charge in [0.05, 0.1) is 5.69 Å². The zero-order valence-corrected chi connectivity index (χ0v) is 11.7. The van der Waals surface area contributed by atoms with Crippen molar-refractivity contribution in [3.05, 3.63) is 23.8 Å². The highest BCUT2D eigenvalue weighted by Crippen LogP contribution is 2.28. The van der Waals surface area contributed by atoms with Crippen LogP contribution in [-0.4, -0.2) is 43.5 Å². The molecule has 0 bridgehead atoms. The molecule has 0 amide bonds. The van der Waals surface area contributed by atoms with E-state index in [0.717, 1.165) is 43.2 Å². The van der Waals surface area contributed by atoms with Gasteiger partial charge in [-0.15, -0.1) is 0 Å². The summed E-state index contributed by atoms with van der Waals surface area (Å²) in [6, 6.07) is 5.64. The molecular weight excluding hydrogens is 240 g/mol. The Morgan fingerprint density at radius 2 is 2.16 bits per heavy atom. The van der Waals surface area contributed by atoms with E-state index in [9.17, 15) is 4.79 Å². The van der Waals surface area contributed by atoms with Crippen molar-refractivity contribution in [2.24, 2.45) is 0 Å². The maximum Gasteiger partial charge on any atom is 0.164 e. The van der Waals surface area contributed by atoms with Gasteiger partial charge in [-0.05, 0) is 31.3 Å². The number of ether oxygens (including phenoxy) is 1. The van der Waals surface area contributed by atoms with Crippen LogP contribution < -0.4 is 10.1 Å². The molecule has 4 nitrogen and oxygen atoms in total. The number of Topliss-reactive ketones (excluding diaryl/α,β-unsaturated/α-hetero) is 1. The third-order valence-corrected chi connectivity index (χ3v) is 3.53. The maximum atomic E-state index is 12.2. The molecule has 2 rings (SSSR count). The molecule has 1 aromatic rings. The molecule has 4 heteroatoms. The second kappa shape index (κ2) is 6.57. The largest absolute Gasteiger partial charge is 0.490 e. The summed E-state index contributed by atoms with van der Waals surface area (Å²) in [6.45, 7) is 8.52. The molecule has 0 radical (unpaired) electrons. The van der Waals surface area contributed by atoms with Gasteiger partial charge in [-0.25, -0.2) is 0 Å². The number of rotatable bonds is 6. The van der Waals surface area contributed by atoms with E-state index >= 15 is 0 Å². The van der Waals surface area contributed by atoms with Crippen molar-refractivity contribution < 1.29 is 9.53 Å². The molecule has 1 N–H and O–H groups in total. The van der Waals surface area contributed by atoms with E-state index in [1.165, 1.54) is 0 Å². The Balaban J connectivity index is 1.99. The van der Waals surface area contributed by atoms with E-state index in [2.05, 4.69) is 24.1 Å². The van der Waals surface area contributed by atoms with Gasteiger partial charge in [0.15, 0.2) is 5.78 Å². The molecule has 1 heterocycles. The molecule has 1 aromatic carbocycles. The molecular formula is C15H22N2O2. The summed E-state index contributed by atoms with van der Waals surface area (Å²) in [5.41, 5.74) is 1.70. The first kappa shape index (κ1) is 13.9. The second-order valence-electron chi connectivity index (χ2n) is 4.69. The Kier molecular flexibility index (Phi) is 4.80. The number of carbonyl (C=O) groups excluding carboxylic acids is 1. The van der Waals surface area contributed by atoms with Gasteiger partial charge in [-0.3, -0.25) is 4.79 Å². The number of nitrogens with one attached hydrogen (secondary N) is 1. The van der Waals surface area contributed by atoms with Gasteiger partial charge in [-0.2, -0.15) is 0 Å². The van der Waals surface area contributed by atoms with E-state index in [1.807, 2.05) is 18.2 Å². The van der Waals surface area contributed by atoms with Crippen molar-refractivity contribution in [1.29, 1.82) is 0 Å². The van der Waals surface area contributed by atoms with E-state index < -0.39 is 0 Å². The van der Waals surface area contributed by atoms with Crippen LogP contribution in [0.1, 0.15) is 30.6 Å². The fourth-order valence-corrected chi connectivity index (χ4v) is 2.26. The SMILES string of the molecule is CCN(CC)CCC(=O)c1ccc2c(c1)NCCO2. The Morgan fingerprint density at radius 3 is 2.89 bits per heavy atom. The van der Waals surface area contributed by atoms with E-state index in [1.54, 1.807) is 0 Å². The number of hydrogen-bond acceptors (Lipinski definition) is 4. The van der Waals surface area contributed by atoms with Crippen LogP contribution in [0, 0.1) is 0 Å². The highest BCUT2D eigenvalue weighted by Gasteiger charge is 2.13. The van der Waals surface area contributed by atoms with Crippen LogP contribution in [0.4, 0.5) is 5.69 Å². The molecule has 0 saturated carbocycles. The quantitative estimate of drug-likeness (QED) is 0.799. The van der Waals surface area contributed by atoms with Crippen molar-refractivity contribution >= 4 is 11.5 Å². The normalized spacial score (nSPS) is 13.6. The lowest BCUT2D eigenvalue weighted by molar-refractivity contribution is 0.0966. The summed E-state index contributed by atoms with van der Waals surface area (Å²) in [4.78, 5) is 14.4. The highest BCUT2D eigenvalue weighted by molar-refractivity contribution is 5.97. The van der Waals surface area contributed by atoms with Gasteiger partial charge >= 0.3 is 0 Å². The minimum absolute atomic E-state index is 0.196. The molecule has 0 spiro atoms. The fourth-order valence-electron chi connectivity index (χ4n) is 2.26. The van der Waals surface area contributed by atoms with Crippen molar-refractivity contribution in [1.82, 2.24) is 4.90 Å². The van der Waals surface area contributed by atoms with E-state index in [-0.39, 0.29) is 5.78 Å². The summed E-state index contributed by atoms with van der Waals surface area (Å²) in [7, 11) is 0. The fraction of sp³-hybridized carbons (Fsp3) is 0.533. The minimum Gasteiger partial charge on any atom is -0.490 e. The molecule has 0 unspecified atom stereocenters. The number of anilines is 1. The molecule has 0 aliphatic carbocycles. The zero-order chi connectivity index (χ0) is 13.7. The third-order valence-electron chi connectivity index (χ3n) is 3.53. The predicted octanol–water partition coefficient (Wildman–Crippen LogP) is 2.41. The van der Waals surface area contributed by atoms with Gasteiger partial charge in [0, 0.05) is 25.1 Å². The summed E-state index contributed by atoms with van der Waals surface area (Å²) >= 11 is 0. The average molecular weight is 262 g/mol. The van der Waals surface area contributed by atoms with Gasteiger partial charge in [0.25, 0.3) is 0 Å². The Labute approximate surface area is 114 Å². The number of nitrogens with zero attached hydrogens (tertiary/aromatic N) is 1. The van der Waals surface area contributed by atoms with Crippen molar-refractivity contribution in [2.75, 3.05) is 38.1 Å². The number of fused-ring (bicyclic) bond motifs is 1. The summed E-state index contributed by atoms with van der Waals surface area (Å²) in [5, 5.41) is 3.26. The van der Waals surface area contributed by atoms with Gasteiger partial charge in [0.1, 0.15) is 12.4 Å². The van der Waals surface area contributed by atoms with Gasteiger partial charge < -0.3 is 15.0 Å². The lowest BCUT2D eigenvalue weighted by Gasteiger charge is -2.20. The zero-order valence-electron chi connectivity index (χ0n) is 11.7. The molecule has 0 fully saturated rings. The first-order valence-electron chi connectivity index (χ1n) is 7.00. The molecule has 0 saturated heterocycles. The monoisotopic (exact) mass is 262 g/mol.